The number of nitrogens with two attached hydrogens (primary N) is 1. The summed E-state index contributed by atoms with van der Waals surface area (Å²) in [5.74, 6) is -1.62. The molecule has 0 radical (unpaired) electrons. The quantitative estimate of drug-likeness (QED) is 0.113. The summed E-state index contributed by atoms with van der Waals surface area (Å²) in [5, 5.41) is 41.6. The number of rotatable bonds is 23. The largest absolute Gasteiger partial charge is 0.481 e. The zero-order chi connectivity index (χ0) is 27.0. The fraction of sp³-hybridized carbons (Fsp3) is 0.923. The summed E-state index contributed by atoms with van der Waals surface area (Å²) in [6, 6.07) is 0. The number of carboxylic acids is 2. The third-order valence-corrected chi connectivity index (χ3v) is 5.42. The first-order chi connectivity index (χ1) is 16.9. The lowest BCUT2D eigenvalue weighted by atomic mass is 10.0. The van der Waals surface area contributed by atoms with Crippen molar-refractivity contribution in [2.75, 3.05) is 46.0 Å². The summed E-state index contributed by atoms with van der Waals surface area (Å²) in [7, 11) is 0. The van der Waals surface area contributed by atoms with Gasteiger partial charge in [-0.1, -0.05) is 96.8 Å². The molecule has 0 fully saturated rings. The number of carbonyl (C=O) groups is 2. The zero-order valence-electron chi connectivity index (χ0n) is 22.3. The normalized spacial score (nSPS) is 10.3. The van der Waals surface area contributed by atoms with Crippen molar-refractivity contribution in [3.63, 3.8) is 0 Å². The predicted octanol–water partition coefficient (Wildman–Crippen LogP) is 3.63. The summed E-state index contributed by atoms with van der Waals surface area (Å²) in [4.78, 5) is 21.4. The maximum Gasteiger partial charge on any atom is 0.317 e. The van der Waals surface area contributed by atoms with E-state index in [4.69, 9.17) is 25.5 Å². The van der Waals surface area contributed by atoms with E-state index < -0.39 is 11.9 Å². The number of nitrogens with zero attached hydrogens (tertiary/aromatic N) is 1. The van der Waals surface area contributed by atoms with Crippen molar-refractivity contribution in [1.29, 1.82) is 0 Å². The van der Waals surface area contributed by atoms with E-state index >= 15 is 0 Å². The Balaban J connectivity index is -0.000000563. The molecule has 0 spiro atoms. The van der Waals surface area contributed by atoms with E-state index in [0.29, 0.717) is 26.1 Å². The average molecular weight is 509 g/mol. The Labute approximate surface area is 213 Å². The van der Waals surface area contributed by atoms with Crippen molar-refractivity contribution >= 4 is 11.9 Å². The van der Waals surface area contributed by atoms with Crippen LogP contribution in [0.3, 0.4) is 0 Å². The summed E-state index contributed by atoms with van der Waals surface area (Å²) in [5.41, 5.74) is 4.57. The number of hydrogen-bond donors (Lipinski definition) is 6. The lowest BCUT2D eigenvalue weighted by Gasteiger charge is -2.17. The van der Waals surface area contributed by atoms with E-state index in [0.717, 1.165) is 12.8 Å². The van der Waals surface area contributed by atoms with E-state index in [1.54, 1.807) is 4.90 Å². The molecule has 0 aliphatic heterocycles. The Bertz CT molecular complexity index is 412. The first kappa shape index (κ1) is 38.3. The van der Waals surface area contributed by atoms with Crippen molar-refractivity contribution in [3.8, 4) is 0 Å². The molecule has 0 bridgehead atoms. The van der Waals surface area contributed by atoms with Crippen molar-refractivity contribution in [2.45, 2.75) is 110 Å². The third kappa shape index (κ3) is 43.3. The van der Waals surface area contributed by atoms with Crippen LogP contribution in [0.15, 0.2) is 0 Å². The van der Waals surface area contributed by atoms with Crippen LogP contribution in [0.1, 0.15) is 110 Å². The standard InChI is InChI=1S/C18H36O2.C6H15NO3.C2H5NO2/c1-2-3-4-5-6-7-8-9-10-11-12-13-14-15-16-17-18(19)20;8-4-1-7(2-5-9)3-6-10;3-1-2(4)5/h2-17H2,1H3,(H,19,20);8-10H,1-6H2;1,3H2,(H,4,5). The maximum atomic E-state index is 10.3. The van der Waals surface area contributed by atoms with Gasteiger partial charge in [0.1, 0.15) is 0 Å². The fourth-order valence-corrected chi connectivity index (χ4v) is 3.41. The van der Waals surface area contributed by atoms with Crippen LogP contribution in [0, 0.1) is 0 Å². The molecule has 0 amide bonds. The molecule has 0 aromatic rings. The van der Waals surface area contributed by atoms with Gasteiger partial charge in [0.25, 0.3) is 0 Å². The molecule has 212 valence electrons. The van der Waals surface area contributed by atoms with Crippen molar-refractivity contribution < 1.29 is 35.1 Å². The second-order valence-electron chi connectivity index (χ2n) is 8.70. The smallest absolute Gasteiger partial charge is 0.317 e. The molecule has 9 heteroatoms. The van der Waals surface area contributed by atoms with Gasteiger partial charge in [0.05, 0.1) is 26.4 Å². The number of hydrogen-bond acceptors (Lipinski definition) is 7. The zero-order valence-corrected chi connectivity index (χ0v) is 22.3. The molecule has 0 aliphatic carbocycles. The number of aliphatic hydroxyl groups excluding tert-OH is 3. The molecule has 0 aromatic carbocycles. The van der Waals surface area contributed by atoms with Crippen LogP contribution in [-0.4, -0.2) is 88.4 Å². The number of unbranched alkanes of at least 4 members (excludes halogenated alkanes) is 14. The first-order valence-electron chi connectivity index (χ1n) is 13.6. The minimum Gasteiger partial charge on any atom is -0.481 e. The van der Waals surface area contributed by atoms with Crippen LogP contribution < -0.4 is 5.73 Å². The Morgan fingerprint density at radius 1 is 0.571 bits per heavy atom. The van der Waals surface area contributed by atoms with Crippen LogP contribution in [0.2, 0.25) is 0 Å². The van der Waals surface area contributed by atoms with Crippen molar-refractivity contribution in [3.05, 3.63) is 0 Å². The molecule has 0 rings (SSSR count). The van der Waals surface area contributed by atoms with Gasteiger partial charge in [-0.2, -0.15) is 0 Å². The molecular formula is C26H56N2O7. The van der Waals surface area contributed by atoms with E-state index in [1.165, 1.54) is 83.5 Å². The molecular weight excluding hydrogens is 452 g/mol. The average Bonchev–Trinajstić information content (AvgIpc) is 2.82. The van der Waals surface area contributed by atoms with Crippen LogP contribution in [0.4, 0.5) is 0 Å². The summed E-state index contributed by atoms with van der Waals surface area (Å²) >= 11 is 0. The Morgan fingerprint density at radius 3 is 1.09 bits per heavy atom. The predicted molar refractivity (Wildman–Crippen MR) is 142 cm³/mol. The van der Waals surface area contributed by atoms with Gasteiger partial charge in [-0.3, -0.25) is 14.5 Å². The molecule has 7 N–H and O–H groups in total. The summed E-state index contributed by atoms with van der Waals surface area (Å²) in [6.07, 6.45) is 20.2. The fourth-order valence-electron chi connectivity index (χ4n) is 3.41. The van der Waals surface area contributed by atoms with Gasteiger partial charge in [-0.25, -0.2) is 0 Å². The van der Waals surface area contributed by atoms with Gasteiger partial charge in [0.2, 0.25) is 0 Å². The Kier molecular flexibility index (Phi) is 38.2. The van der Waals surface area contributed by atoms with Crippen LogP contribution in [0.5, 0.6) is 0 Å². The van der Waals surface area contributed by atoms with Crippen LogP contribution >= 0.6 is 0 Å². The van der Waals surface area contributed by atoms with E-state index in [-0.39, 0.29) is 26.4 Å². The topological polar surface area (TPSA) is 165 Å². The number of aliphatic carboxylic acids is 2. The number of aliphatic hydroxyl groups is 3. The highest BCUT2D eigenvalue weighted by atomic mass is 16.4. The van der Waals surface area contributed by atoms with Crippen LogP contribution in [0.25, 0.3) is 0 Å². The summed E-state index contributed by atoms with van der Waals surface area (Å²) in [6.45, 7) is 3.75. The number of carboxylic acid groups (broad SMARTS) is 2. The van der Waals surface area contributed by atoms with Crippen molar-refractivity contribution in [1.82, 2.24) is 4.90 Å². The Morgan fingerprint density at radius 2 is 0.857 bits per heavy atom. The molecule has 0 unspecified atom stereocenters. The van der Waals surface area contributed by atoms with Gasteiger partial charge < -0.3 is 31.3 Å². The molecule has 0 atom stereocenters. The molecule has 0 saturated heterocycles. The third-order valence-electron chi connectivity index (χ3n) is 5.42. The lowest BCUT2D eigenvalue weighted by molar-refractivity contribution is -0.137. The van der Waals surface area contributed by atoms with Gasteiger partial charge in [0.15, 0.2) is 0 Å². The SMILES string of the molecule is CCCCCCCCCCCCCCCCCC(=O)O.NCC(=O)O.OCCN(CCO)CCO. The van der Waals surface area contributed by atoms with Gasteiger partial charge in [-0.15, -0.1) is 0 Å². The van der Waals surface area contributed by atoms with Gasteiger partial charge >= 0.3 is 11.9 Å². The minimum absolute atomic E-state index is 0.0694. The van der Waals surface area contributed by atoms with Gasteiger partial charge in [-0.05, 0) is 6.42 Å². The maximum absolute atomic E-state index is 10.3. The second kappa shape index (κ2) is 34.9. The van der Waals surface area contributed by atoms with E-state index in [9.17, 15) is 9.59 Å². The van der Waals surface area contributed by atoms with Crippen LogP contribution in [-0.2, 0) is 9.59 Å². The molecule has 35 heavy (non-hydrogen) atoms. The highest BCUT2D eigenvalue weighted by Crippen LogP contribution is 2.13. The molecule has 0 aromatic heterocycles. The van der Waals surface area contributed by atoms with Crippen molar-refractivity contribution in [2.24, 2.45) is 5.73 Å². The lowest BCUT2D eigenvalue weighted by Crippen LogP contribution is -2.32. The van der Waals surface area contributed by atoms with Gasteiger partial charge in [0, 0.05) is 26.1 Å². The second-order valence-corrected chi connectivity index (χ2v) is 8.70. The van der Waals surface area contributed by atoms with E-state index in [2.05, 4.69) is 12.7 Å². The molecule has 0 saturated carbocycles. The highest BCUT2D eigenvalue weighted by molar-refractivity contribution is 5.68. The monoisotopic (exact) mass is 508 g/mol. The minimum atomic E-state index is -0.968. The highest BCUT2D eigenvalue weighted by Gasteiger charge is 2.00. The molecule has 9 nitrogen and oxygen atoms in total. The first-order valence-corrected chi connectivity index (χ1v) is 13.6. The summed E-state index contributed by atoms with van der Waals surface area (Å²) < 4.78 is 0. The van der Waals surface area contributed by atoms with E-state index in [1.807, 2.05) is 0 Å². The molecule has 0 heterocycles. The molecule has 0 aliphatic rings. The Hall–Kier alpha value is -1.26.